The zero-order valence-corrected chi connectivity index (χ0v) is 15.3. The van der Waals surface area contributed by atoms with Crippen molar-refractivity contribution in [2.45, 2.75) is 54.1 Å². The van der Waals surface area contributed by atoms with E-state index in [2.05, 4.69) is 63.5 Å². The van der Waals surface area contributed by atoms with E-state index in [1.165, 1.54) is 5.56 Å². The number of rotatable bonds is 6. The van der Waals surface area contributed by atoms with E-state index < -0.39 is 0 Å². The van der Waals surface area contributed by atoms with E-state index in [-0.39, 0.29) is 11.2 Å². The van der Waals surface area contributed by atoms with Crippen molar-refractivity contribution >= 4 is 5.78 Å². The molecule has 0 amide bonds. The summed E-state index contributed by atoms with van der Waals surface area (Å²) in [6, 6.07) is 8.31. The van der Waals surface area contributed by atoms with Crippen molar-refractivity contribution in [2.75, 3.05) is 6.54 Å². The van der Waals surface area contributed by atoms with Crippen molar-refractivity contribution in [3.05, 3.63) is 47.5 Å². The highest BCUT2D eigenvalue weighted by atomic mass is 16.1. The topological polar surface area (TPSA) is 20.3 Å². The molecule has 2 heteroatoms. The number of hydrogen-bond acceptors (Lipinski definition) is 2. The summed E-state index contributed by atoms with van der Waals surface area (Å²) in [7, 11) is 0. The zero-order chi connectivity index (χ0) is 17.5. The van der Waals surface area contributed by atoms with Crippen molar-refractivity contribution in [3.8, 4) is 11.8 Å². The molecule has 0 aliphatic heterocycles. The summed E-state index contributed by atoms with van der Waals surface area (Å²) in [6.45, 7) is 14.0. The minimum atomic E-state index is 0.0369. The molecule has 0 N–H and O–H groups in total. The Bertz CT molecular complexity index is 609. The Morgan fingerprint density at radius 2 is 2.00 bits per heavy atom. The van der Waals surface area contributed by atoms with Crippen molar-refractivity contribution < 1.29 is 4.79 Å². The van der Waals surface area contributed by atoms with Crippen LogP contribution < -0.4 is 0 Å². The Balaban J connectivity index is 2.72. The van der Waals surface area contributed by atoms with Gasteiger partial charge in [0, 0.05) is 30.1 Å². The molecular formula is C21H29NO. The number of Topliss-reactive ketones (excluding diaryl/α,β-unsaturated/α-hetero) is 1. The van der Waals surface area contributed by atoms with Crippen LogP contribution >= 0.6 is 0 Å². The molecule has 0 aliphatic carbocycles. The molecule has 0 saturated heterocycles. The molecule has 0 radical (unpaired) electrons. The van der Waals surface area contributed by atoms with Crippen LogP contribution in [-0.4, -0.2) is 23.3 Å². The van der Waals surface area contributed by atoms with Gasteiger partial charge in [0.25, 0.3) is 0 Å². The average Bonchev–Trinajstić information content (AvgIpc) is 2.44. The van der Waals surface area contributed by atoms with Crippen molar-refractivity contribution in [1.29, 1.82) is 0 Å². The maximum Gasteiger partial charge on any atom is 0.159 e. The normalized spacial score (nSPS) is 11.8. The van der Waals surface area contributed by atoms with Crippen LogP contribution in [0.25, 0.3) is 0 Å². The van der Waals surface area contributed by atoms with Gasteiger partial charge in [0.1, 0.15) is 0 Å². The summed E-state index contributed by atoms with van der Waals surface area (Å²) in [5.41, 5.74) is 1.98. The minimum Gasteiger partial charge on any atom is -0.295 e. The lowest BCUT2D eigenvalue weighted by molar-refractivity contribution is 0.101. The number of carbonyl (C=O) groups excluding carboxylic acids is 1. The molecule has 124 valence electrons. The first-order chi connectivity index (χ1) is 10.7. The third-order valence-electron chi connectivity index (χ3n) is 3.44. The van der Waals surface area contributed by atoms with E-state index >= 15 is 0 Å². The van der Waals surface area contributed by atoms with E-state index in [1.54, 1.807) is 6.92 Å². The van der Waals surface area contributed by atoms with Crippen molar-refractivity contribution in [1.82, 2.24) is 4.90 Å². The quantitative estimate of drug-likeness (QED) is 0.560. The second-order valence-electron chi connectivity index (χ2n) is 7.20. The van der Waals surface area contributed by atoms with Gasteiger partial charge in [-0.05, 0) is 59.2 Å². The highest BCUT2D eigenvalue weighted by molar-refractivity contribution is 5.94. The maximum absolute atomic E-state index is 11.5. The largest absolute Gasteiger partial charge is 0.295 e. The summed E-state index contributed by atoms with van der Waals surface area (Å²) in [6.07, 6.45) is 4.04. The smallest absolute Gasteiger partial charge is 0.159 e. The molecule has 1 rings (SSSR count). The molecule has 0 saturated carbocycles. The number of carbonyl (C=O) groups is 1. The van der Waals surface area contributed by atoms with E-state index in [4.69, 9.17) is 0 Å². The van der Waals surface area contributed by atoms with Gasteiger partial charge in [-0.25, -0.2) is 0 Å². The Kier molecular flexibility index (Phi) is 7.26. The molecule has 0 fully saturated rings. The summed E-state index contributed by atoms with van der Waals surface area (Å²) in [4.78, 5) is 13.9. The zero-order valence-electron chi connectivity index (χ0n) is 15.3. The molecule has 0 atom stereocenters. The molecule has 23 heavy (non-hydrogen) atoms. The standard InChI is InChI=1S/C21H29NO/c1-17(2)22(14-9-7-8-13-21(4,5)6)16-19-11-10-12-20(15-19)18(3)23/h7,9-12,15,17H,14,16H2,1-6H3. The second-order valence-corrected chi connectivity index (χ2v) is 7.20. The molecule has 0 heterocycles. The molecular weight excluding hydrogens is 282 g/mol. The average molecular weight is 311 g/mol. The van der Waals surface area contributed by atoms with E-state index in [9.17, 15) is 4.79 Å². The molecule has 0 bridgehead atoms. The van der Waals surface area contributed by atoms with Crippen molar-refractivity contribution in [3.63, 3.8) is 0 Å². The van der Waals surface area contributed by atoms with Crippen LogP contribution in [0.1, 0.15) is 57.5 Å². The lowest BCUT2D eigenvalue weighted by atomic mass is 9.98. The van der Waals surface area contributed by atoms with Crippen molar-refractivity contribution in [2.24, 2.45) is 5.41 Å². The lowest BCUT2D eigenvalue weighted by Gasteiger charge is -2.25. The Morgan fingerprint density at radius 1 is 1.30 bits per heavy atom. The van der Waals surface area contributed by atoms with Crippen LogP contribution in [-0.2, 0) is 6.54 Å². The number of nitrogens with zero attached hydrogens (tertiary/aromatic N) is 1. The first-order valence-electron chi connectivity index (χ1n) is 8.20. The van der Waals surface area contributed by atoms with Crippen LogP contribution in [0.4, 0.5) is 0 Å². The van der Waals surface area contributed by atoms with Gasteiger partial charge in [0.15, 0.2) is 5.78 Å². The highest BCUT2D eigenvalue weighted by Crippen LogP contribution is 2.12. The number of ketones is 1. The van der Waals surface area contributed by atoms with Gasteiger partial charge in [-0.2, -0.15) is 0 Å². The van der Waals surface area contributed by atoms with Crippen LogP contribution in [0.2, 0.25) is 0 Å². The fourth-order valence-electron chi connectivity index (χ4n) is 2.09. The van der Waals surface area contributed by atoms with Gasteiger partial charge >= 0.3 is 0 Å². The number of benzene rings is 1. The third-order valence-corrected chi connectivity index (χ3v) is 3.44. The Hall–Kier alpha value is -1.85. The third kappa shape index (κ3) is 7.81. The summed E-state index contributed by atoms with van der Waals surface area (Å²) in [5.74, 6) is 6.42. The monoisotopic (exact) mass is 311 g/mol. The molecule has 0 aromatic heterocycles. The number of hydrogen-bond donors (Lipinski definition) is 0. The highest BCUT2D eigenvalue weighted by Gasteiger charge is 2.09. The van der Waals surface area contributed by atoms with Gasteiger partial charge in [-0.3, -0.25) is 9.69 Å². The predicted octanol–water partition coefficient (Wildman–Crippen LogP) is 4.71. The minimum absolute atomic E-state index is 0.0369. The van der Waals surface area contributed by atoms with Gasteiger partial charge in [0.05, 0.1) is 0 Å². The van der Waals surface area contributed by atoms with Crippen LogP contribution in [0, 0.1) is 17.3 Å². The fourth-order valence-corrected chi connectivity index (χ4v) is 2.09. The second kappa shape index (κ2) is 8.70. The Morgan fingerprint density at radius 3 is 2.57 bits per heavy atom. The van der Waals surface area contributed by atoms with Crippen LogP contribution in [0.3, 0.4) is 0 Å². The van der Waals surface area contributed by atoms with Gasteiger partial charge in [-0.1, -0.05) is 36.1 Å². The van der Waals surface area contributed by atoms with Crippen LogP contribution in [0.5, 0.6) is 0 Å². The number of allylic oxidation sites excluding steroid dienone is 1. The molecule has 0 aliphatic rings. The maximum atomic E-state index is 11.5. The lowest BCUT2D eigenvalue weighted by Crippen LogP contribution is -2.30. The Labute approximate surface area is 141 Å². The van der Waals surface area contributed by atoms with Gasteiger partial charge < -0.3 is 0 Å². The van der Waals surface area contributed by atoms with Gasteiger partial charge in [0.2, 0.25) is 0 Å². The molecule has 2 nitrogen and oxygen atoms in total. The van der Waals surface area contributed by atoms with E-state index in [1.807, 2.05) is 24.3 Å². The SMILES string of the molecule is CC(=O)c1cccc(CN(CC=CC#CC(C)(C)C)C(C)C)c1. The first kappa shape index (κ1) is 19.2. The molecule has 1 aromatic rings. The van der Waals surface area contributed by atoms with E-state index in [0.29, 0.717) is 6.04 Å². The molecule has 1 aromatic carbocycles. The summed E-state index contributed by atoms with van der Waals surface area (Å²) >= 11 is 0. The van der Waals surface area contributed by atoms with Crippen LogP contribution in [0.15, 0.2) is 36.4 Å². The predicted molar refractivity (Wildman–Crippen MR) is 98.4 cm³/mol. The summed E-state index contributed by atoms with van der Waals surface area (Å²) < 4.78 is 0. The fraction of sp³-hybridized carbons (Fsp3) is 0.476. The summed E-state index contributed by atoms with van der Waals surface area (Å²) in [5, 5.41) is 0. The van der Waals surface area contributed by atoms with E-state index in [0.717, 1.165) is 18.7 Å². The molecule has 0 unspecified atom stereocenters. The van der Waals surface area contributed by atoms with Gasteiger partial charge in [-0.15, -0.1) is 0 Å². The first-order valence-corrected chi connectivity index (χ1v) is 8.20. The molecule has 0 spiro atoms.